The summed E-state index contributed by atoms with van der Waals surface area (Å²) < 4.78 is 5.81. The largest absolute Gasteiger partial charge is 0.471 e. The van der Waals surface area contributed by atoms with Crippen LogP contribution < -0.4 is 10.1 Å². The third kappa shape index (κ3) is 3.97. The molecule has 1 saturated carbocycles. The van der Waals surface area contributed by atoms with Crippen LogP contribution in [-0.2, 0) is 6.54 Å². The Hall–Kier alpha value is -1.16. The predicted octanol–water partition coefficient (Wildman–Crippen LogP) is 2.30. The van der Waals surface area contributed by atoms with E-state index in [0.717, 1.165) is 18.7 Å². The highest BCUT2D eigenvalue weighted by molar-refractivity contribution is 5.09. The van der Waals surface area contributed by atoms with Gasteiger partial charge in [0.15, 0.2) is 0 Å². The van der Waals surface area contributed by atoms with Crippen molar-refractivity contribution in [2.45, 2.75) is 58.2 Å². The lowest BCUT2D eigenvalue weighted by molar-refractivity contribution is 0.0981. The molecule has 4 heteroatoms. The molecule has 1 aromatic heterocycles. The molecule has 0 bridgehead atoms. The maximum atomic E-state index is 5.81. The lowest BCUT2D eigenvalue weighted by atomic mass is 10.1. The van der Waals surface area contributed by atoms with Gasteiger partial charge in [0.05, 0.1) is 11.9 Å². The Balaban J connectivity index is 1.95. The van der Waals surface area contributed by atoms with Gasteiger partial charge in [0.25, 0.3) is 0 Å². The lowest BCUT2D eigenvalue weighted by Crippen LogP contribution is -2.27. The summed E-state index contributed by atoms with van der Waals surface area (Å²) >= 11 is 0. The second-order valence-corrected chi connectivity index (χ2v) is 5.22. The number of hydrogen-bond donors (Lipinski definition) is 1. The molecule has 4 nitrogen and oxygen atoms in total. The van der Waals surface area contributed by atoms with Crippen molar-refractivity contribution < 1.29 is 4.74 Å². The molecule has 1 fully saturated rings. The number of aromatic nitrogens is 2. The standard InChI is InChI=1S/C13H21N3O/c1-4-13(2,3)17-12-9-14-7-11(16-12)8-15-10-5-6-10/h7,9-10,15H,4-6,8H2,1-3H3. The summed E-state index contributed by atoms with van der Waals surface area (Å²) in [6.45, 7) is 7.00. The predicted molar refractivity (Wildman–Crippen MR) is 66.9 cm³/mol. The topological polar surface area (TPSA) is 47.0 Å². The van der Waals surface area contributed by atoms with Crippen LogP contribution in [0.2, 0.25) is 0 Å². The van der Waals surface area contributed by atoms with Gasteiger partial charge in [0.1, 0.15) is 5.60 Å². The first-order chi connectivity index (χ1) is 8.09. The number of ether oxygens (including phenoxy) is 1. The monoisotopic (exact) mass is 235 g/mol. The van der Waals surface area contributed by atoms with E-state index in [1.54, 1.807) is 12.4 Å². The molecule has 94 valence electrons. The van der Waals surface area contributed by atoms with Gasteiger partial charge in [-0.25, -0.2) is 4.98 Å². The first kappa shape index (κ1) is 12.3. The highest BCUT2D eigenvalue weighted by Crippen LogP contribution is 2.20. The Morgan fingerprint density at radius 2 is 2.18 bits per heavy atom. The van der Waals surface area contributed by atoms with Crippen molar-refractivity contribution in [1.29, 1.82) is 0 Å². The van der Waals surface area contributed by atoms with Crippen molar-refractivity contribution in [3.63, 3.8) is 0 Å². The summed E-state index contributed by atoms with van der Waals surface area (Å²) in [5.74, 6) is 0.618. The number of nitrogens with one attached hydrogen (secondary N) is 1. The van der Waals surface area contributed by atoms with Crippen molar-refractivity contribution in [3.05, 3.63) is 18.1 Å². The average molecular weight is 235 g/mol. The van der Waals surface area contributed by atoms with E-state index in [9.17, 15) is 0 Å². The summed E-state index contributed by atoms with van der Waals surface area (Å²) in [5.41, 5.74) is 0.762. The summed E-state index contributed by atoms with van der Waals surface area (Å²) in [6, 6.07) is 0.688. The highest BCUT2D eigenvalue weighted by Gasteiger charge is 2.21. The van der Waals surface area contributed by atoms with E-state index in [0.29, 0.717) is 11.9 Å². The van der Waals surface area contributed by atoms with Gasteiger partial charge in [0, 0.05) is 18.8 Å². The summed E-state index contributed by atoms with van der Waals surface area (Å²) in [6.07, 6.45) is 6.98. The molecule has 1 aliphatic carbocycles. The van der Waals surface area contributed by atoms with E-state index < -0.39 is 0 Å². The average Bonchev–Trinajstić information content (AvgIpc) is 3.10. The summed E-state index contributed by atoms with van der Waals surface area (Å²) in [7, 11) is 0. The highest BCUT2D eigenvalue weighted by atomic mass is 16.5. The zero-order chi connectivity index (χ0) is 12.3. The van der Waals surface area contributed by atoms with E-state index in [4.69, 9.17) is 4.74 Å². The number of rotatable bonds is 6. The van der Waals surface area contributed by atoms with Gasteiger partial charge < -0.3 is 10.1 Å². The van der Waals surface area contributed by atoms with Crippen LogP contribution in [0, 0.1) is 0 Å². The number of nitrogens with zero attached hydrogens (tertiary/aromatic N) is 2. The van der Waals surface area contributed by atoms with E-state index in [1.807, 2.05) is 0 Å². The maximum Gasteiger partial charge on any atom is 0.233 e. The van der Waals surface area contributed by atoms with Crippen LogP contribution >= 0.6 is 0 Å². The second-order valence-electron chi connectivity index (χ2n) is 5.22. The van der Waals surface area contributed by atoms with Crippen molar-refractivity contribution in [1.82, 2.24) is 15.3 Å². The second kappa shape index (κ2) is 5.00. The first-order valence-corrected chi connectivity index (χ1v) is 6.32. The Bertz CT molecular complexity index is 375. The molecule has 0 atom stereocenters. The van der Waals surface area contributed by atoms with Gasteiger partial charge in [-0.05, 0) is 33.1 Å². The number of hydrogen-bond acceptors (Lipinski definition) is 4. The summed E-state index contributed by atoms with van der Waals surface area (Å²) in [4.78, 5) is 8.63. The van der Waals surface area contributed by atoms with Gasteiger partial charge in [0.2, 0.25) is 5.88 Å². The molecule has 0 unspecified atom stereocenters. The summed E-state index contributed by atoms with van der Waals surface area (Å²) in [5, 5.41) is 3.42. The van der Waals surface area contributed by atoms with Crippen molar-refractivity contribution in [2.75, 3.05) is 0 Å². The van der Waals surface area contributed by atoms with Crippen molar-refractivity contribution >= 4 is 0 Å². The van der Waals surface area contributed by atoms with Crippen LogP contribution in [-0.4, -0.2) is 21.6 Å². The van der Waals surface area contributed by atoms with Gasteiger partial charge in [-0.3, -0.25) is 4.98 Å². The molecule has 1 aromatic rings. The molecule has 0 amide bonds. The van der Waals surface area contributed by atoms with Crippen LogP contribution in [0.4, 0.5) is 0 Å². The molecule has 1 aliphatic rings. The third-order valence-electron chi connectivity index (χ3n) is 3.04. The van der Waals surface area contributed by atoms with Crippen molar-refractivity contribution in [3.8, 4) is 5.88 Å². The minimum Gasteiger partial charge on any atom is -0.471 e. The quantitative estimate of drug-likeness (QED) is 0.822. The van der Waals surface area contributed by atoms with Crippen LogP contribution in [0.25, 0.3) is 0 Å². The maximum absolute atomic E-state index is 5.81. The molecule has 1 heterocycles. The van der Waals surface area contributed by atoms with E-state index in [-0.39, 0.29) is 5.60 Å². The molecule has 0 spiro atoms. The van der Waals surface area contributed by atoms with Crippen LogP contribution in [0.15, 0.2) is 12.4 Å². The Kier molecular flexibility index (Phi) is 3.62. The minimum atomic E-state index is -0.183. The molecule has 0 saturated heterocycles. The first-order valence-electron chi connectivity index (χ1n) is 6.32. The normalized spacial score (nSPS) is 15.9. The molecule has 0 radical (unpaired) electrons. The van der Waals surface area contributed by atoms with E-state index in [1.165, 1.54) is 12.8 Å². The van der Waals surface area contributed by atoms with Gasteiger partial charge in [-0.1, -0.05) is 6.92 Å². The zero-order valence-electron chi connectivity index (χ0n) is 10.9. The van der Waals surface area contributed by atoms with E-state index >= 15 is 0 Å². The van der Waals surface area contributed by atoms with Crippen molar-refractivity contribution in [2.24, 2.45) is 0 Å². The molecular weight excluding hydrogens is 214 g/mol. The smallest absolute Gasteiger partial charge is 0.233 e. The fraction of sp³-hybridized carbons (Fsp3) is 0.692. The Morgan fingerprint density at radius 1 is 1.41 bits per heavy atom. The zero-order valence-corrected chi connectivity index (χ0v) is 10.9. The van der Waals surface area contributed by atoms with Crippen LogP contribution in [0.3, 0.4) is 0 Å². The van der Waals surface area contributed by atoms with Crippen LogP contribution in [0.5, 0.6) is 5.88 Å². The molecule has 17 heavy (non-hydrogen) atoms. The Labute approximate surface area is 103 Å². The molecule has 0 aromatic carbocycles. The lowest BCUT2D eigenvalue weighted by Gasteiger charge is -2.23. The van der Waals surface area contributed by atoms with Gasteiger partial charge >= 0.3 is 0 Å². The minimum absolute atomic E-state index is 0.183. The van der Waals surface area contributed by atoms with Gasteiger partial charge in [-0.15, -0.1) is 0 Å². The van der Waals surface area contributed by atoms with E-state index in [2.05, 4.69) is 36.1 Å². The Morgan fingerprint density at radius 3 is 2.82 bits per heavy atom. The molecule has 1 N–H and O–H groups in total. The van der Waals surface area contributed by atoms with Crippen LogP contribution in [0.1, 0.15) is 45.7 Å². The molecule has 2 rings (SSSR count). The molecule has 0 aliphatic heterocycles. The van der Waals surface area contributed by atoms with Gasteiger partial charge in [-0.2, -0.15) is 0 Å². The fourth-order valence-electron chi connectivity index (χ4n) is 1.41. The fourth-order valence-corrected chi connectivity index (χ4v) is 1.41. The molecular formula is C13H21N3O. The SMILES string of the molecule is CCC(C)(C)Oc1cncc(CNC2CC2)n1. The third-order valence-corrected chi connectivity index (χ3v) is 3.04.